The Morgan fingerprint density at radius 2 is 1.71 bits per heavy atom. The Morgan fingerprint density at radius 3 is 2.32 bits per heavy atom. The van der Waals surface area contributed by atoms with E-state index in [0.29, 0.717) is 35.5 Å². The van der Waals surface area contributed by atoms with Crippen LogP contribution in [0.25, 0.3) is 0 Å². The topological polar surface area (TPSA) is 83.6 Å². The van der Waals surface area contributed by atoms with Crippen molar-refractivity contribution in [1.29, 1.82) is 0 Å². The quantitative estimate of drug-likeness (QED) is 0.798. The highest BCUT2D eigenvalue weighted by Gasteiger charge is 2.28. The normalized spacial score (nSPS) is 16.8. The molecule has 0 bridgehead atoms. The number of aryl methyl sites for hydroxylation is 3. The minimum atomic E-state index is -3.78. The molecule has 0 atom stereocenters. The number of hydrogen-bond donors (Lipinski definition) is 1. The summed E-state index contributed by atoms with van der Waals surface area (Å²) in [5.41, 5.74) is 3.32. The Bertz CT molecular complexity index is 1080. The van der Waals surface area contributed by atoms with E-state index in [1.54, 1.807) is 38.1 Å². The molecule has 3 rings (SSSR count). The predicted octanol–water partition coefficient (Wildman–Crippen LogP) is 3.60. The molecular weight excluding hydrogens is 396 g/mol. The molecule has 1 aliphatic heterocycles. The van der Waals surface area contributed by atoms with Crippen LogP contribution in [0.15, 0.2) is 41.3 Å². The zero-order valence-electron chi connectivity index (χ0n) is 16.4. The van der Waals surface area contributed by atoms with E-state index < -0.39 is 20.0 Å². The van der Waals surface area contributed by atoms with E-state index in [9.17, 15) is 16.8 Å². The average molecular weight is 423 g/mol. The van der Waals surface area contributed by atoms with Gasteiger partial charge in [-0.25, -0.2) is 16.8 Å². The van der Waals surface area contributed by atoms with Gasteiger partial charge in [-0.05, 0) is 74.1 Å². The van der Waals surface area contributed by atoms with Gasteiger partial charge in [0.15, 0.2) is 0 Å². The van der Waals surface area contributed by atoms with Gasteiger partial charge in [0.05, 0.1) is 16.3 Å². The molecule has 1 N–H and O–H groups in total. The largest absolute Gasteiger partial charge is 0.280 e. The van der Waals surface area contributed by atoms with E-state index in [4.69, 9.17) is 0 Å². The molecule has 1 heterocycles. The second-order valence-electron chi connectivity index (χ2n) is 7.16. The Balaban J connectivity index is 1.95. The van der Waals surface area contributed by atoms with Crippen LogP contribution < -0.4 is 9.03 Å². The standard InChI is InChI=1S/C20H26N2O4S2/c1-4-17-7-9-18(10-8-17)21-28(25,26)20-14-15(2)19(13-16(20)3)22-11-5-6-12-27(22,23)24/h7-10,13-14,21H,4-6,11-12H2,1-3H3. The second kappa shape index (κ2) is 7.75. The number of rotatable bonds is 5. The van der Waals surface area contributed by atoms with Gasteiger partial charge in [0.1, 0.15) is 0 Å². The maximum Gasteiger partial charge on any atom is 0.262 e. The van der Waals surface area contributed by atoms with E-state index in [-0.39, 0.29) is 10.6 Å². The van der Waals surface area contributed by atoms with Crippen molar-refractivity contribution in [3.05, 3.63) is 53.1 Å². The van der Waals surface area contributed by atoms with E-state index >= 15 is 0 Å². The number of nitrogens with one attached hydrogen (secondary N) is 1. The predicted molar refractivity (Wildman–Crippen MR) is 113 cm³/mol. The lowest BCUT2D eigenvalue weighted by molar-refractivity contribution is 0.574. The molecule has 0 radical (unpaired) electrons. The summed E-state index contributed by atoms with van der Waals surface area (Å²) in [6.07, 6.45) is 2.34. The summed E-state index contributed by atoms with van der Waals surface area (Å²) in [7, 11) is -7.13. The summed E-state index contributed by atoms with van der Waals surface area (Å²) in [6.45, 7) is 5.90. The van der Waals surface area contributed by atoms with Gasteiger partial charge < -0.3 is 0 Å². The molecule has 8 heteroatoms. The van der Waals surface area contributed by atoms with Crippen molar-refractivity contribution in [2.45, 2.75) is 44.9 Å². The lowest BCUT2D eigenvalue weighted by Gasteiger charge is -2.30. The Hall–Kier alpha value is -2.06. The van der Waals surface area contributed by atoms with Crippen molar-refractivity contribution in [2.75, 3.05) is 21.3 Å². The minimum absolute atomic E-state index is 0.126. The molecular formula is C20H26N2O4S2. The van der Waals surface area contributed by atoms with Crippen molar-refractivity contribution in [3.63, 3.8) is 0 Å². The first-order valence-corrected chi connectivity index (χ1v) is 12.5. The number of anilines is 2. The maximum absolute atomic E-state index is 12.9. The molecule has 0 saturated carbocycles. The molecule has 1 saturated heterocycles. The zero-order valence-corrected chi connectivity index (χ0v) is 18.0. The fourth-order valence-electron chi connectivity index (χ4n) is 3.41. The van der Waals surface area contributed by atoms with Crippen LogP contribution in [0.4, 0.5) is 11.4 Å². The second-order valence-corrected chi connectivity index (χ2v) is 10.8. The highest BCUT2D eigenvalue weighted by atomic mass is 32.2. The van der Waals surface area contributed by atoms with Crippen molar-refractivity contribution in [2.24, 2.45) is 0 Å². The fraction of sp³-hybridized carbons (Fsp3) is 0.400. The molecule has 2 aromatic rings. The highest BCUT2D eigenvalue weighted by molar-refractivity contribution is 7.93. The molecule has 0 amide bonds. The SMILES string of the molecule is CCc1ccc(NS(=O)(=O)c2cc(C)c(N3CCCCS3(=O)=O)cc2C)cc1. The lowest BCUT2D eigenvalue weighted by Crippen LogP contribution is -2.38. The Morgan fingerprint density at radius 1 is 1.04 bits per heavy atom. The summed E-state index contributed by atoms with van der Waals surface area (Å²) < 4.78 is 54.7. The Kier molecular flexibility index (Phi) is 5.72. The van der Waals surface area contributed by atoms with Crippen LogP contribution >= 0.6 is 0 Å². The van der Waals surface area contributed by atoms with Crippen molar-refractivity contribution in [3.8, 4) is 0 Å². The van der Waals surface area contributed by atoms with Crippen LogP contribution in [0.5, 0.6) is 0 Å². The molecule has 0 unspecified atom stereocenters. The molecule has 2 aromatic carbocycles. The van der Waals surface area contributed by atoms with Crippen LogP contribution in [0.2, 0.25) is 0 Å². The number of sulfonamides is 2. The average Bonchev–Trinajstić information content (AvgIpc) is 2.63. The molecule has 0 aromatic heterocycles. The minimum Gasteiger partial charge on any atom is -0.280 e. The molecule has 28 heavy (non-hydrogen) atoms. The summed E-state index contributed by atoms with van der Waals surface area (Å²) >= 11 is 0. The lowest BCUT2D eigenvalue weighted by atomic mass is 10.1. The van der Waals surface area contributed by atoms with Gasteiger partial charge in [-0.15, -0.1) is 0 Å². The fourth-order valence-corrected chi connectivity index (χ4v) is 6.47. The van der Waals surface area contributed by atoms with Gasteiger partial charge in [0.2, 0.25) is 10.0 Å². The summed E-state index contributed by atoms with van der Waals surface area (Å²) in [5.74, 6) is 0.126. The third-order valence-corrected chi connectivity index (χ3v) is 8.39. The van der Waals surface area contributed by atoms with Gasteiger partial charge in [0.25, 0.3) is 10.0 Å². The van der Waals surface area contributed by atoms with Gasteiger partial charge in [-0.3, -0.25) is 9.03 Å². The first kappa shape index (κ1) is 20.7. The van der Waals surface area contributed by atoms with E-state index in [1.807, 2.05) is 19.1 Å². The number of nitrogens with zero attached hydrogens (tertiary/aromatic N) is 1. The van der Waals surface area contributed by atoms with E-state index in [0.717, 1.165) is 18.4 Å². The Labute approximate surface area is 167 Å². The maximum atomic E-state index is 12.9. The molecule has 0 spiro atoms. The van der Waals surface area contributed by atoms with Crippen molar-refractivity contribution >= 4 is 31.4 Å². The third-order valence-electron chi connectivity index (χ3n) is 5.02. The van der Waals surface area contributed by atoms with Crippen LogP contribution in [0, 0.1) is 13.8 Å². The van der Waals surface area contributed by atoms with Gasteiger partial charge in [0, 0.05) is 12.2 Å². The monoisotopic (exact) mass is 422 g/mol. The van der Waals surface area contributed by atoms with Crippen LogP contribution in [0.3, 0.4) is 0 Å². The van der Waals surface area contributed by atoms with Crippen molar-refractivity contribution in [1.82, 2.24) is 0 Å². The summed E-state index contributed by atoms with van der Waals surface area (Å²) in [6, 6.07) is 10.5. The molecule has 1 aliphatic rings. The smallest absolute Gasteiger partial charge is 0.262 e. The van der Waals surface area contributed by atoms with Crippen LogP contribution in [-0.4, -0.2) is 29.1 Å². The first-order chi connectivity index (χ1) is 13.1. The van der Waals surface area contributed by atoms with Gasteiger partial charge >= 0.3 is 0 Å². The van der Waals surface area contributed by atoms with Gasteiger partial charge in [-0.2, -0.15) is 0 Å². The molecule has 1 fully saturated rings. The van der Waals surface area contributed by atoms with Crippen LogP contribution in [0.1, 0.15) is 36.5 Å². The molecule has 152 valence electrons. The number of benzene rings is 2. The summed E-state index contributed by atoms with van der Waals surface area (Å²) in [5, 5.41) is 0. The molecule has 6 nitrogen and oxygen atoms in total. The van der Waals surface area contributed by atoms with E-state index in [2.05, 4.69) is 4.72 Å². The first-order valence-electron chi connectivity index (χ1n) is 9.37. The third kappa shape index (κ3) is 4.17. The number of hydrogen-bond acceptors (Lipinski definition) is 4. The van der Waals surface area contributed by atoms with Crippen LogP contribution in [-0.2, 0) is 26.5 Å². The van der Waals surface area contributed by atoms with E-state index in [1.165, 1.54) is 4.31 Å². The zero-order chi connectivity index (χ0) is 20.5. The molecule has 0 aliphatic carbocycles. The highest BCUT2D eigenvalue weighted by Crippen LogP contribution is 2.31. The van der Waals surface area contributed by atoms with Gasteiger partial charge in [-0.1, -0.05) is 19.1 Å². The summed E-state index contributed by atoms with van der Waals surface area (Å²) in [4.78, 5) is 0.155. The van der Waals surface area contributed by atoms with Crippen molar-refractivity contribution < 1.29 is 16.8 Å².